The Morgan fingerprint density at radius 1 is 1.20 bits per heavy atom. The molecule has 4 nitrogen and oxygen atoms in total. The molecule has 104 valence electrons. The van der Waals surface area contributed by atoms with Gasteiger partial charge in [0.2, 0.25) is 0 Å². The molecule has 0 atom stereocenters. The van der Waals surface area contributed by atoms with Gasteiger partial charge in [-0.25, -0.2) is 4.98 Å². The summed E-state index contributed by atoms with van der Waals surface area (Å²) in [4.78, 5) is 16.5. The fourth-order valence-electron chi connectivity index (χ4n) is 1.83. The van der Waals surface area contributed by atoms with Crippen molar-refractivity contribution in [2.75, 3.05) is 17.2 Å². The minimum Gasteiger partial charge on any atom is -0.370 e. The SMILES string of the molecule is CCCNc1cccc(C(=O)Nc2cccc(C)c2)n1. The number of amides is 1. The van der Waals surface area contributed by atoms with Gasteiger partial charge in [0, 0.05) is 12.2 Å². The molecule has 0 aliphatic heterocycles. The van der Waals surface area contributed by atoms with Gasteiger partial charge in [0.1, 0.15) is 11.5 Å². The smallest absolute Gasteiger partial charge is 0.274 e. The molecule has 2 N–H and O–H groups in total. The molecule has 1 aromatic heterocycles. The molecule has 0 bridgehead atoms. The highest BCUT2D eigenvalue weighted by molar-refractivity contribution is 6.03. The first-order valence-electron chi connectivity index (χ1n) is 6.78. The van der Waals surface area contributed by atoms with Crippen molar-refractivity contribution in [3.05, 3.63) is 53.7 Å². The topological polar surface area (TPSA) is 54.0 Å². The van der Waals surface area contributed by atoms with E-state index in [2.05, 4.69) is 22.5 Å². The van der Waals surface area contributed by atoms with Gasteiger partial charge in [-0.15, -0.1) is 0 Å². The Kier molecular flexibility index (Phi) is 4.71. The Morgan fingerprint density at radius 2 is 2.00 bits per heavy atom. The van der Waals surface area contributed by atoms with Crippen LogP contribution < -0.4 is 10.6 Å². The van der Waals surface area contributed by atoms with Crippen molar-refractivity contribution in [2.45, 2.75) is 20.3 Å². The van der Waals surface area contributed by atoms with E-state index >= 15 is 0 Å². The maximum atomic E-state index is 12.2. The molecule has 1 amide bonds. The Labute approximate surface area is 119 Å². The van der Waals surface area contributed by atoms with Crippen molar-refractivity contribution in [1.82, 2.24) is 4.98 Å². The quantitative estimate of drug-likeness (QED) is 0.874. The number of nitrogens with one attached hydrogen (secondary N) is 2. The molecule has 4 heteroatoms. The highest BCUT2D eigenvalue weighted by Gasteiger charge is 2.08. The number of aryl methyl sites for hydroxylation is 1. The van der Waals surface area contributed by atoms with Crippen LogP contribution in [0.2, 0.25) is 0 Å². The summed E-state index contributed by atoms with van der Waals surface area (Å²) < 4.78 is 0. The van der Waals surface area contributed by atoms with Gasteiger partial charge >= 0.3 is 0 Å². The molecule has 2 aromatic rings. The van der Waals surface area contributed by atoms with Gasteiger partial charge in [0.25, 0.3) is 5.91 Å². The van der Waals surface area contributed by atoms with E-state index in [1.165, 1.54) is 0 Å². The first-order valence-corrected chi connectivity index (χ1v) is 6.78. The minimum absolute atomic E-state index is 0.198. The highest BCUT2D eigenvalue weighted by atomic mass is 16.1. The number of pyridine rings is 1. The standard InChI is InChI=1S/C16H19N3O/c1-3-10-17-15-9-5-8-14(19-15)16(20)18-13-7-4-6-12(2)11-13/h4-9,11H,3,10H2,1-2H3,(H,17,19)(H,18,20). The third-order valence-corrected chi connectivity index (χ3v) is 2.81. The van der Waals surface area contributed by atoms with Gasteiger partial charge < -0.3 is 10.6 Å². The second-order valence-electron chi connectivity index (χ2n) is 4.66. The van der Waals surface area contributed by atoms with Gasteiger partial charge in [-0.05, 0) is 43.2 Å². The number of benzene rings is 1. The lowest BCUT2D eigenvalue weighted by molar-refractivity contribution is 0.102. The van der Waals surface area contributed by atoms with Gasteiger partial charge in [-0.3, -0.25) is 4.79 Å². The zero-order valence-electron chi connectivity index (χ0n) is 11.8. The van der Waals surface area contributed by atoms with Crippen LogP contribution in [0.5, 0.6) is 0 Å². The number of anilines is 2. The predicted octanol–water partition coefficient (Wildman–Crippen LogP) is 3.46. The predicted molar refractivity (Wildman–Crippen MR) is 82.1 cm³/mol. The second kappa shape index (κ2) is 6.70. The number of aromatic nitrogens is 1. The van der Waals surface area contributed by atoms with E-state index in [-0.39, 0.29) is 5.91 Å². The third kappa shape index (κ3) is 3.82. The molecular formula is C16H19N3O. The van der Waals surface area contributed by atoms with E-state index in [9.17, 15) is 4.79 Å². The van der Waals surface area contributed by atoms with Crippen LogP contribution in [0.15, 0.2) is 42.5 Å². The van der Waals surface area contributed by atoms with Gasteiger partial charge in [0.05, 0.1) is 0 Å². The number of carbonyl (C=O) groups excluding carboxylic acids is 1. The first kappa shape index (κ1) is 14.1. The molecule has 1 heterocycles. The van der Waals surface area contributed by atoms with Gasteiger partial charge in [0.15, 0.2) is 0 Å². The Balaban J connectivity index is 2.09. The monoisotopic (exact) mass is 269 g/mol. The van der Waals surface area contributed by atoms with E-state index in [0.29, 0.717) is 5.69 Å². The van der Waals surface area contributed by atoms with E-state index in [4.69, 9.17) is 0 Å². The Hall–Kier alpha value is -2.36. The Bertz CT molecular complexity index is 596. The summed E-state index contributed by atoms with van der Waals surface area (Å²) in [6, 6.07) is 13.1. The largest absolute Gasteiger partial charge is 0.370 e. The first-order chi connectivity index (χ1) is 9.69. The third-order valence-electron chi connectivity index (χ3n) is 2.81. The summed E-state index contributed by atoms with van der Waals surface area (Å²) in [5.41, 5.74) is 2.30. The number of hydrogen-bond acceptors (Lipinski definition) is 3. The molecular weight excluding hydrogens is 250 g/mol. The molecule has 0 unspecified atom stereocenters. The summed E-state index contributed by atoms with van der Waals surface area (Å²) >= 11 is 0. The van der Waals surface area contributed by atoms with Crippen molar-refractivity contribution in [1.29, 1.82) is 0 Å². The van der Waals surface area contributed by atoms with Crippen molar-refractivity contribution >= 4 is 17.4 Å². The summed E-state index contributed by atoms with van der Waals surface area (Å²) in [6.07, 6.45) is 1.02. The van der Waals surface area contributed by atoms with Crippen LogP contribution in [0.25, 0.3) is 0 Å². The van der Waals surface area contributed by atoms with Crippen LogP contribution in [0, 0.1) is 6.92 Å². The Morgan fingerprint density at radius 3 is 2.75 bits per heavy atom. The van der Waals surface area contributed by atoms with Crippen LogP contribution >= 0.6 is 0 Å². The summed E-state index contributed by atoms with van der Waals surface area (Å²) in [6.45, 7) is 4.92. The van der Waals surface area contributed by atoms with Gasteiger partial charge in [-0.2, -0.15) is 0 Å². The lowest BCUT2D eigenvalue weighted by atomic mass is 10.2. The van der Waals surface area contributed by atoms with Crippen LogP contribution in [0.3, 0.4) is 0 Å². The number of nitrogens with zero attached hydrogens (tertiary/aromatic N) is 1. The zero-order chi connectivity index (χ0) is 14.4. The zero-order valence-corrected chi connectivity index (χ0v) is 11.8. The maximum Gasteiger partial charge on any atom is 0.274 e. The molecule has 2 rings (SSSR count). The van der Waals surface area contributed by atoms with Crippen LogP contribution in [0.4, 0.5) is 11.5 Å². The minimum atomic E-state index is -0.198. The maximum absolute atomic E-state index is 12.2. The van der Waals surface area contributed by atoms with E-state index in [0.717, 1.165) is 30.0 Å². The number of hydrogen-bond donors (Lipinski definition) is 2. The fourth-order valence-corrected chi connectivity index (χ4v) is 1.83. The molecule has 0 spiro atoms. The number of carbonyl (C=O) groups is 1. The molecule has 0 fully saturated rings. The summed E-state index contributed by atoms with van der Waals surface area (Å²) in [5, 5.41) is 6.02. The molecule has 0 aliphatic rings. The second-order valence-corrected chi connectivity index (χ2v) is 4.66. The van der Waals surface area contributed by atoms with E-state index < -0.39 is 0 Å². The van der Waals surface area contributed by atoms with Crippen molar-refractivity contribution in [3.8, 4) is 0 Å². The summed E-state index contributed by atoms with van der Waals surface area (Å²) in [7, 11) is 0. The van der Waals surface area contributed by atoms with Gasteiger partial charge in [-0.1, -0.05) is 25.1 Å². The van der Waals surface area contributed by atoms with E-state index in [1.54, 1.807) is 6.07 Å². The van der Waals surface area contributed by atoms with E-state index in [1.807, 2.05) is 43.3 Å². The average molecular weight is 269 g/mol. The molecule has 0 aliphatic carbocycles. The van der Waals surface area contributed by atoms with Crippen molar-refractivity contribution < 1.29 is 4.79 Å². The fraction of sp³-hybridized carbons (Fsp3) is 0.250. The molecule has 0 radical (unpaired) electrons. The molecule has 20 heavy (non-hydrogen) atoms. The van der Waals surface area contributed by atoms with Crippen molar-refractivity contribution in [2.24, 2.45) is 0 Å². The summed E-state index contributed by atoms with van der Waals surface area (Å²) in [5.74, 6) is 0.527. The average Bonchev–Trinajstić information content (AvgIpc) is 2.45. The van der Waals surface area contributed by atoms with Crippen LogP contribution in [0.1, 0.15) is 29.4 Å². The van der Waals surface area contributed by atoms with Crippen LogP contribution in [-0.2, 0) is 0 Å². The number of rotatable bonds is 5. The molecule has 1 aromatic carbocycles. The normalized spacial score (nSPS) is 10.1. The molecule has 0 saturated heterocycles. The lowest BCUT2D eigenvalue weighted by Gasteiger charge is -2.08. The molecule has 0 saturated carbocycles. The van der Waals surface area contributed by atoms with Crippen molar-refractivity contribution in [3.63, 3.8) is 0 Å². The lowest BCUT2D eigenvalue weighted by Crippen LogP contribution is -2.14. The van der Waals surface area contributed by atoms with Crippen LogP contribution in [-0.4, -0.2) is 17.4 Å². The highest BCUT2D eigenvalue weighted by Crippen LogP contribution is 2.12.